The number of allylic oxidation sites excluding steroid dienone is 3. The average Bonchev–Trinajstić information content (AvgIpc) is 2.76. The van der Waals surface area contributed by atoms with Crippen molar-refractivity contribution >= 4 is 39.3 Å². The maximum Gasteiger partial charge on any atom is 0.0683 e. The molecule has 0 radical (unpaired) electrons. The van der Waals surface area contributed by atoms with Crippen LogP contribution in [0.4, 0.5) is 5.69 Å². The van der Waals surface area contributed by atoms with Crippen LogP contribution in [0.2, 0.25) is 0 Å². The molecule has 2 aromatic rings. The van der Waals surface area contributed by atoms with Gasteiger partial charge in [0.15, 0.2) is 0 Å². The molecule has 2 aromatic carbocycles. The number of hydrogen-bond acceptors (Lipinski definition) is 2. The molecule has 0 amide bonds. The summed E-state index contributed by atoms with van der Waals surface area (Å²) < 4.78 is 0. The van der Waals surface area contributed by atoms with Gasteiger partial charge in [-0.2, -0.15) is 0 Å². The first-order valence-corrected chi connectivity index (χ1v) is 10.3. The zero-order valence-corrected chi connectivity index (χ0v) is 18.1. The molecular formula is C26H27ClN2. The fraction of sp³-hybridized carbons (Fsp3) is 0.192. The molecule has 0 N–H and O–H groups in total. The molecule has 1 aliphatic rings. The summed E-state index contributed by atoms with van der Waals surface area (Å²) in [4.78, 5) is 6.75. The summed E-state index contributed by atoms with van der Waals surface area (Å²) in [5.41, 5.74) is 8.10. The Labute approximate surface area is 179 Å². The van der Waals surface area contributed by atoms with E-state index >= 15 is 0 Å². The first kappa shape index (κ1) is 20.9. The number of benzene rings is 2. The van der Waals surface area contributed by atoms with Crippen LogP contribution < -0.4 is 4.90 Å². The summed E-state index contributed by atoms with van der Waals surface area (Å²) in [5.74, 6) is 0. The number of rotatable bonds is 6. The average molecular weight is 403 g/mol. The third-order valence-corrected chi connectivity index (χ3v) is 5.62. The summed E-state index contributed by atoms with van der Waals surface area (Å²) in [7, 11) is 0. The van der Waals surface area contributed by atoms with Crippen molar-refractivity contribution < 1.29 is 0 Å². The zero-order chi connectivity index (χ0) is 21.0. The standard InChI is InChI=1S/C26H27ClN2/c1-6-18(4)28-17-20(7-2)22-15-12-16-23-25(22)19(5)29(24(8-3)26(23)27)21-13-10-9-11-14-21/h7,9-17H,2,5-6,8H2,1,3-4H3/b20-17+,28-18?. The molecule has 2 nitrogen and oxygen atoms in total. The minimum Gasteiger partial charge on any atom is -0.313 e. The largest absolute Gasteiger partial charge is 0.313 e. The van der Waals surface area contributed by atoms with Crippen molar-refractivity contribution in [3.8, 4) is 0 Å². The summed E-state index contributed by atoms with van der Waals surface area (Å²) in [5, 5.41) is 0.761. The maximum atomic E-state index is 6.92. The molecule has 0 atom stereocenters. The van der Waals surface area contributed by atoms with Crippen LogP contribution in [0.3, 0.4) is 0 Å². The molecule has 1 heterocycles. The van der Waals surface area contributed by atoms with E-state index in [4.69, 9.17) is 11.6 Å². The highest BCUT2D eigenvalue weighted by molar-refractivity contribution is 6.50. The quantitative estimate of drug-likeness (QED) is 0.354. The van der Waals surface area contributed by atoms with Crippen LogP contribution in [-0.4, -0.2) is 5.71 Å². The molecule has 3 rings (SSSR count). The molecular weight excluding hydrogens is 376 g/mol. The van der Waals surface area contributed by atoms with Gasteiger partial charge in [0.05, 0.1) is 5.03 Å². The van der Waals surface area contributed by atoms with Crippen LogP contribution in [0.1, 0.15) is 50.3 Å². The molecule has 3 heteroatoms. The third kappa shape index (κ3) is 3.99. The van der Waals surface area contributed by atoms with Gasteiger partial charge in [-0.3, -0.25) is 4.99 Å². The predicted octanol–water partition coefficient (Wildman–Crippen LogP) is 7.89. The van der Waals surface area contributed by atoms with Crippen molar-refractivity contribution in [3.63, 3.8) is 0 Å². The van der Waals surface area contributed by atoms with Gasteiger partial charge in [-0.15, -0.1) is 0 Å². The monoisotopic (exact) mass is 402 g/mol. The maximum absolute atomic E-state index is 6.92. The lowest BCUT2D eigenvalue weighted by Gasteiger charge is -2.36. The van der Waals surface area contributed by atoms with Crippen molar-refractivity contribution in [1.82, 2.24) is 0 Å². The highest BCUT2D eigenvalue weighted by Gasteiger charge is 2.29. The van der Waals surface area contributed by atoms with Gasteiger partial charge in [0, 0.05) is 45.7 Å². The Hall–Kier alpha value is -2.84. The van der Waals surface area contributed by atoms with E-state index in [9.17, 15) is 0 Å². The van der Waals surface area contributed by atoms with Crippen LogP contribution in [0.5, 0.6) is 0 Å². The number of halogens is 1. The lowest BCUT2D eigenvalue weighted by molar-refractivity contribution is 1.02. The number of fused-ring (bicyclic) bond motifs is 1. The van der Waals surface area contributed by atoms with Crippen molar-refractivity contribution in [2.45, 2.75) is 33.6 Å². The number of anilines is 1. The summed E-state index contributed by atoms with van der Waals surface area (Å²) in [6, 6.07) is 16.4. The first-order valence-electron chi connectivity index (χ1n) is 9.96. The van der Waals surface area contributed by atoms with Crippen molar-refractivity contribution in [2.75, 3.05) is 4.90 Å². The van der Waals surface area contributed by atoms with E-state index < -0.39 is 0 Å². The number of hydrogen-bond donors (Lipinski definition) is 0. The number of nitrogens with zero attached hydrogens (tertiary/aromatic N) is 2. The molecule has 148 valence electrons. The molecule has 0 aliphatic carbocycles. The van der Waals surface area contributed by atoms with E-state index in [0.29, 0.717) is 0 Å². The Bertz CT molecular complexity index is 1030. The number of aliphatic imine (C=N–C) groups is 1. The summed E-state index contributed by atoms with van der Waals surface area (Å²) in [6.07, 6.45) is 5.45. The minimum atomic E-state index is 0.761. The van der Waals surface area contributed by atoms with Crippen LogP contribution in [0, 0.1) is 0 Å². The van der Waals surface area contributed by atoms with Gasteiger partial charge in [0.2, 0.25) is 0 Å². The van der Waals surface area contributed by atoms with Crippen molar-refractivity contribution in [2.24, 2.45) is 4.99 Å². The molecule has 0 saturated heterocycles. The van der Waals surface area contributed by atoms with E-state index in [-0.39, 0.29) is 0 Å². The second-order valence-corrected chi connectivity index (χ2v) is 7.34. The van der Waals surface area contributed by atoms with Gasteiger partial charge < -0.3 is 4.90 Å². The van der Waals surface area contributed by atoms with E-state index in [0.717, 1.165) is 62.9 Å². The Morgan fingerprint density at radius 1 is 1.10 bits per heavy atom. The molecule has 0 unspecified atom stereocenters. The second kappa shape index (κ2) is 9.11. The van der Waals surface area contributed by atoms with Crippen LogP contribution in [0.25, 0.3) is 16.3 Å². The van der Waals surface area contributed by atoms with Crippen molar-refractivity contribution in [1.29, 1.82) is 0 Å². The predicted molar refractivity (Wildman–Crippen MR) is 129 cm³/mol. The topological polar surface area (TPSA) is 15.6 Å². The normalized spacial score (nSPS) is 14.9. The highest BCUT2D eigenvalue weighted by atomic mass is 35.5. The molecule has 1 aliphatic heterocycles. The SMILES string of the molecule is C=C/C(=C\N=C(C)CC)c1cccc2c1C(=C)N(c1ccccc1)C(CC)=C2Cl. The first-order chi connectivity index (χ1) is 14.0. The van der Waals surface area contributed by atoms with Crippen molar-refractivity contribution in [3.05, 3.63) is 96.4 Å². The Morgan fingerprint density at radius 3 is 2.45 bits per heavy atom. The van der Waals surface area contributed by atoms with E-state index in [1.54, 1.807) is 0 Å². The molecule has 0 fully saturated rings. The molecule has 0 spiro atoms. The summed E-state index contributed by atoms with van der Waals surface area (Å²) in [6.45, 7) is 14.7. The Morgan fingerprint density at radius 2 is 1.83 bits per heavy atom. The van der Waals surface area contributed by atoms with Gasteiger partial charge in [-0.05, 0) is 37.5 Å². The molecule has 0 saturated carbocycles. The third-order valence-electron chi connectivity index (χ3n) is 5.20. The Balaban J connectivity index is 2.25. The summed E-state index contributed by atoms with van der Waals surface area (Å²) >= 11 is 6.92. The fourth-order valence-corrected chi connectivity index (χ4v) is 3.90. The molecule has 0 aromatic heterocycles. The van der Waals surface area contributed by atoms with Gasteiger partial charge in [-0.1, -0.05) is 81.1 Å². The lowest BCUT2D eigenvalue weighted by atomic mass is 9.89. The Kier molecular flexibility index (Phi) is 6.56. The van der Waals surface area contributed by atoms with E-state index in [1.165, 1.54) is 0 Å². The number of para-hydroxylation sites is 1. The molecule has 29 heavy (non-hydrogen) atoms. The highest BCUT2D eigenvalue weighted by Crippen LogP contribution is 2.45. The lowest BCUT2D eigenvalue weighted by Crippen LogP contribution is -2.25. The van der Waals surface area contributed by atoms with Crippen LogP contribution >= 0.6 is 11.6 Å². The van der Waals surface area contributed by atoms with Crippen LogP contribution in [-0.2, 0) is 0 Å². The van der Waals surface area contributed by atoms with Crippen LogP contribution in [0.15, 0.2) is 84.7 Å². The zero-order valence-electron chi connectivity index (χ0n) is 17.4. The van der Waals surface area contributed by atoms with E-state index in [2.05, 4.69) is 61.2 Å². The smallest absolute Gasteiger partial charge is 0.0683 e. The fourth-order valence-electron chi connectivity index (χ4n) is 3.52. The van der Waals surface area contributed by atoms with E-state index in [1.807, 2.05) is 43.5 Å². The van der Waals surface area contributed by atoms with Gasteiger partial charge in [0.25, 0.3) is 0 Å². The van der Waals surface area contributed by atoms with Gasteiger partial charge >= 0.3 is 0 Å². The second-order valence-electron chi connectivity index (χ2n) is 6.97. The van der Waals surface area contributed by atoms with Gasteiger partial charge in [-0.25, -0.2) is 0 Å². The minimum absolute atomic E-state index is 0.761. The molecule has 0 bridgehead atoms. The van der Waals surface area contributed by atoms with Gasteiger partial charge in [0.1, 0.15) is 0 Å².